The molecule has 2 aliphatic rings. The molecule has 126 valence electrons. The summed E-state index contributed by atoms with van der Waals surface area (Å²) in [5.41, 5.74) is 0.589. The van der Waals surface area contributed by atoms with Crippen LogP contribution in [-0.4, -0.2) is 38.6 Å². The van der Waals surface area contributed by atoms with Gasteiger partial charge in [0.15, 0.2) is 5.82 Å². The number of halogens is 1. The predicted octanol–water partition coefficient (Wildman–Crippen LogP) is 0.179. The van der Waals surface area contributed by atoms with Gasteiger partial charge in [-0.05, 0) is 43.0 Å². The first-order valence-electron chi connectivity index (χ1n) is 7.43. The molecule has 0 bridgehead atoms. The molecule has 2 aliphatic heterocycles. The van der Waals surface area contributed by atoms with E-state index < -0.39 is 39.9 Å². The van der Waals surface area contributed by atoms with Crippen molar-refractivity contribution < 1.29 is 22.7 Å². The van der Waals surface area contributed by atoms with Crippen LogP contribution < -0.4 is 14.3 Å². The van der Waals surface area contributed by atoms with Gasteiger partial charge in [-0.2, -0.15) is 8.42 Å². The maximum Gasteiger partial charge on any atom is 0.326 e. The van der Waals surface area contributed by atoms with Crippen molar-refractivity contribution in [1.29, 1.82) is 0 Å². The van der Waals surface area contributed by atoms with Gasteiger partial charge in [0.25, 0.3) is 5.91 Å². The molecule has 0 aromatic heterocycles. The number of nitrogens with zero attached hydrogens (tertiary/aromatic N) is 1. The van der Waals surface area contributed by atoms with Gasteiger partial charge in [0.1, 0.15) is 18.0 Å². The Hall–Kier alpha value is -1.87. The van der Waals surface area contributed by atoms with E-state index in [2.05, 4.69) is 5.32 Å². The summed E-state index contributed by atoms with van der Waals surface area (Å²) in [5, 5.41) is 13.4. The summed E-state index contributed by atoms with van der Waals surface area (Å²) < 4.78 is 41.2. The Morgan fingerprint density at radius 2 is 2.22 bits per heavy atom. The van der Waals surface area contributed by atoms with E-state index in [9.17, 15) is 22.7 Å². The van der Waals surface area contributed by atoms with E-state index in [0.717, 1.165) is 6.42 Å². The van der Waals surface area contributed by atoms with Crippen molar-refractivity contribution >= 4 is 21.8 Å². The van der Waals surface area contributed by atoms with Crippen LogP contribution in [0.5, 0.6) is 5.75 Å². The van der Waals surface area contributed by atoms with Gasteiger partial charge in [0.2, 0.25) is 0 Å². The van der Waals surface area contributed by atoms with Crippen LogP contribution in [-0.2, 0) is 27.8 Å². The fourth-order valence-electron chi connectivity index (χ4n) is 3.06. The second-order valence-electron chi connectivity index (χ2n) is 5.75. The second-order valence-corrected chi connectivity index (χ2v) is 7.34. The standard InChI is InChI=1S/C14H18FN3O4S/c1-2-9-6-10-8(3-4-16-9)5-11(19)14(13(10)15)18-7-12(20)17-23(18,21)22/h5,9,16,19H,2-4,6-7H2,1H3,(H,17,20). The van der Waals surface area contributed by atoms with Crippen molar-refractivity contribution in [2.45, 2.75) is 32.2 Å². The second kappa shape index (κ2) is 5.64. The zero-order valence-corrected chi connectivity index (χ0v) is 13.4. The SMILES string of the molecule is CCC1Cc2c(cc(O)c(N3CC(=O)NS3(=O)=O)c2F)CCN1. The minimum atomic E-state index is -4.17. The number of rotatable bonds is 2. The van der Waals surface area contributed by atoms with Crippen LogP contribution in [0.25, 0.3) is 0 Å². The number of nitrogens with one attached hydrogen (secondary N) is 2. The van der Waals surface area contributed by atoms with Crippen molar-refractivity contribution in [2.75, 3.05) is 17.4 Å². The van der Waals surface area contributed by atoms with Gasteiger partial charge < -0.3 is 10.4 Å². The van der Waals surface area contributed by atoms with Crippen LogP contribution in [0.3, 0.4) is 0 Å². The summed E-state index contributed by atoms with van der Waals surface area (Å²) in [5.74, 6) is -2.01. The first-order valence-corrected chi connectivity index (χ1v) is 8.87. The summed E-state index contributed by atoms with van der Waals surface area (Å²) in [6.07, 6.45) is 1.75. The molecule has 3 rings (SSSR count). The zero-order chi connectivity index (χ0) is 16.8. The van der Waals surface area contributed by atoms with Crippen LogP contribution in [0, 0.1) is 5.82 Å². The molecule has 1 aromatic carbocycles. The van der Waals surface area contributed by atoms with Crippen molar-refractivity contribution in [2.24, 2.45) is 0 Å². The number of benzene rings is 1. The van der Waals surface area contributed by atoms with Crippen molar-refractivity contribution in [3.05, 3.63) is 23.0 Å². The Balaban J connectivity index is 2.13. The lowest BCUT2D eigenvalue weighted by Crippen LogP contribution is -2.31. The summed E-state index contributed by atoms with van der Waals surface area (Å²) in [6.45, 7) is 2.10. The molecule has 1 atom stereocenters. The van der Waals surface area contributed by atoms with Gasteiger partial charge in [-0.1, -0.05) is 6.92 Å². The zero-order valence-electron chi connectivity index (χ0n) is 12.6. The number of carbonyl (C=O) groups is 1. The monoisotopic (exact) mass is 343 g/mol. The van der Waals surface area contributed by atoms with E-state index in [0.29, 0.717) is 34.8 Å². The summed E-state index contributed by atoms with van der Waals surface area (Å²) in [6, 6.07) is 1.48. The number of amides is 1. The van der Waals surface area contributed by atoms with E-state index in [1.54, 1.807) is 4.72 Å². The Morgan fingerprint density at radius 3 is 2.83 bits per heavy atom. The Labute approximate surface area is 133 Å². The Bertz CT molecular complexity index is 766. The smallest absolute Gasteiger partial charge is 0.326 e. The average Bonchev–Trinajstić information content (AvgIpc) is 2.63. The van der Waals surface area contributed by atoms with Crippen molar-refractivity contribution in [1.82, 2.24) is 10.0 Å². The molecule has 1 saturated heterocycles. The van der Waals surface area contributed by atoms with Gasteiger partial charge in [0, 0.05) is 6.04 Å². The summed E-state index contributed by atoms with van der Waals surface area (Å²) >= 11 is 0. The number of carbonyl (C=O) groups excluding carboxylic acids is 1. The molecule has 1 aromatic rings. The number of aromatic hydroxyl groups is 1. The first-order chi connectivity index (χ1) is 10.8. The van der Waals surface area contributed by atoms with E-state index in [4.69, 9.17) is 0 Å². The van der Waals surface area contributed by atoms with Gasteiger partial charge in [0.05, 0.1) is 0 Å². The fourth-order valence-corrected chi connectivity index (χ4v) is 4.23. The molecule has 0 saturated carbocycles. The van der Waals surface area contributed by atoms with E-state index in [-0.39, 0.29) is 6.04 Å². The highest BCUT2D eigenvalue weighted by Gasteiger charge is 2.38. The fraction of sp³-hybridized carbons (Fsp3) is 0.500. The predicted molar refractivity (Wildman–Crippen MR) is 82.0 cm³/mol. The minimum absolute atomic E-state index is 0.0816. The normalized spacial score (nSPS) is 23.3. The Kier molecular flexibility index (Phi) is 3.93. The maximum absolute atomic E-state index is 15.0. The van der Waals surface area contributed by atoms with Gasteiger partial charge in [-0.25, -0.2) is 13.4 Å². The van der Waals surface area contributed by atoms with Crippen LogP contribution in [0.2, 0.25) is 0 Å². The molecule has 2 heterocycles. The molecule has 1 fully saturated rings. The highest BCUT2D eigenvalue weighted by Crippen LogP contribution is 2.38. The van der Waals surface area contributed by atoms with Crippen LogP contribution in [0.15, 0.2) is 6.07 Å². The molecule has 1 unspecified atom stereocenters. The number of hydrogen-bond acceptors (Lipinski definition) is 5. The topological polar surface area (TPSA) is 98.7 Å². The van der Waals surface area contributed by atoms with Crippen molar-refractivity contribution in [3.8, 4) is 5.75 Å². The van der Waals surface area contributed by atoms with E-state index in [1.165, 1.54) is 6.07 Å². The third-order valence-electron chi connectivity index (χ3n) is 4.25. The quantitative estimate of drug-likeness (QED) is 0.711. The third-order valence-corrected chi connectivity index (χ3v) is 5.63. The van der Waals surface area contributed by atoms with E-state index >= 15 is 0 Å². The van der Waals surface area contributed by atoms with Crippen molar-refractivity contribution in [3.63, 3.8) is 0 Å². The number of anilines is 1. The average molecular weight is 343 g/mol. The molecule has 9 heteroatoms. The maximum atomic E-state index is 15.0. The summed E-state index contributed by atoms with van der Waals surface area (Å²) in [4.78, 5) is 11.4. The molecule has 23 heavy (non-hydrogen) atoms. The first kappa shape index (κ1) is 16.0. The van der Waals surface area contributed by atoms with Gasteiger partial charge in [-0.3, -0.25) is 4.79 Å². The third kappa shape index (κ3) is 2.74. The number of hydrogen-bond donors (Lipinski definition) is 3. The molecule has 0 radical (unpaired) electrons. The molecule has 0 aliphatic carbocycles. The highest BCUT2D eigenvalue weighted by molar-refractivity contribution is 7.92. The number of phenols is 1. The summed E-state index contributed by atoms with van der Waals surface area (Å²) in [7, 11) is -4.17. The molecular formula is C14H18FN3O4S. The lowest BCUT2D eigenvalue weighted by Gasteiger charge is -2.21. The molecule has 7 nitrogen and oxygen atoms in total. The van der Waals surface area contributed by atoms with Crippen LogP contribution >= 0.6 is 0 Å². The lowest BCUT2D eigenvalue weighted by molar-refractivity contribution is -0.117. The number of fused-ring (bicyclic) bond motifs is 1. The lowest BCUT2D eigenvalue weighted by atomic mass is 9.97. The van der Waals surface area contributed by atoms with Crippen LogP contribution in [0.1, 0.15) is 24.5 Å². The van der Waals surface area contributed by atoms with Gasteiger partial charge in [-0.15, -0.1) is 0 Å². The van der Waals surface area contributed by atoms with Gasteiger partial charge >= 0.3 is 10.2 Å². The molecule has 0 spiro atoms. The molecule has 3 N–H and O–H groups in total. The molecular weight excluding hydrogens is 325 g/mol. The van der Waals surface area contributed by atoms with E-state index in [1.807, 2.05) is 6.92 Å². The highest BCUT2D eigenvalue weighted by atomic mass is 32.2. The Morgan fingerprint density at radius 1 is 1.48 bits per heavy atom. The minimum Gasteiger partial charge on any atom is -0.506 e. The van der Waals surface area contributed by atoms with Crippen LogP contribution in [0.4, 0.5) is 10.1 Å². The largest absolute Gasteiger partial charge is 0.506 e. The molecule has 1 amide bonds. The number of phenolic OH excluding ortho intramolecular Hbond substituents is 1.